The van der Waals surface area contributed by atoms with E-state index in [0.717, 1.165) is 11.1 Å². The van der Waals surface area contributed by atoms with Gasteiger partial charge < -0.3 is 14.6 Å². The van der Waals surface area contributed by atoms with Gasteiger partial charge in [-0.25, -0.2) is 4.79 Å². The van der Waals surface area contributed by atoms with E-state index in [4.69, 9.17) is 21.1 Å². The average Bonchev–Trinajstić information content (AvgIpc) is 2.87. The zero-order chi connectivity index (χ0) is 16.9. The van der Waals surface area contributed by atoms with E-state index >= 15 is 0 Å². The monoisotopic (exact) mass is 340 g/mol. The molecule has 6 atom stereocenters. The third-order valence-electron chi connectivity index (χ3n) is 5.52. The van der Waals surface area contributed by atoms with Gasteiger partial charge in [0, 0.05) is 18.8 Å². The number of aliphatic hydroxyl groups is 1. The van der Waals surface area contributed by atoms with Gasteiger partial charge in [-0.3, -0.25) is 4.79 Å². The highest BCUT2D eigenvalue weighted by atomic mass is 35.5. The van der Waals surface area contributed by atoms with Crippen molar-refractivity contribution >= 4 is 23.5 Å². The highest BCUT2D eigenvalue weighted by Crippen LogP contribution is 2.53. The lowest BCUT2D eigenvalue weighted by atomic mass is 9.78. The van der Waals surface area contributed by atoms with Crippen LogP contribution in [0.25, 0.3) is 0 Å². The summed E-state index contributed by atoms with van der Waals surface area (Å²) in [6.07, 6.45) is 0.974. The van der Waals surface area contributed by atoms with Crippen LogP contribution in [-0.4, -0.2) is 40.7 Å². The Morgan fingerprint density at radius 2 is 2.22 bits per heavy atom. The first-order valence-electron chi connectivity index (χ1n) is 7.82. The van der Waals surface area contributed by atoms with Crippen molar-refractivity contribution in [2.24, 2.45) is 17.8 Å². The third-order valence-corrected chi connectivity index (χ3v) is 5.92. The van der Waals surface area contributed by atoms with E-state index in [9.17, 15) is 14.7 Å². The summed E-state index contributed by atoms with van der Waals surface area (Å²) in [5.41, 5.74) is 0.0873. The molecule has 1 saturated heterocycles. The number of ether oxygens (including phenoxy) is 2. The van der Waals surface area contributed by atoms with Gasteiger partial charge in [-0.2, -0.15) is 0 Å². The number of allylic oxidation sites excluding steroid dienone is 1. The van der Waals surface area contributed by atoms with Crippen LogP contribution < -0.4 is 0 Å². The van der Waals surface area contributed by atoms with Gasteiger partial charge in [0.15, 0.2) is 5.60 Å². The minimum Gasteiger partial charge on any atom is -0.459 e. The molecule has 0 aromatic carbocycles. The van der Waals surface area contributed by atoms with E-state index < -0.39 is 29.7 Å². The molecule has 0 aromatic heterocycles. The average molecular weight is 341 g/mol. The Morgan fingerprint density at radius 3 is 2.83 bits per heavy atom. The largest absolute Gasteiger partial charge is 0.459 e. The van der Waals surface area contributed by atoms with Gasteiger partial charge in [0.25, 0.3) is 0 Å². The van der Waals surface area contributed by atoms with Crippen LogP contribution in [0.2, 0.25) is 0 Å². The van der Waals surface area contributed by atoms with Crippen molar-refractivity contribution in [3.05, 3.63) is 24.3 Å². The third kappa shape index (κ3) is 2.41. The molecule has 5 nitrogen and oxygen atoms in total. The number of alkyl halides is 1. The van der Waals surface area contributed by atoms with Crippen LogP contribution in [0.1, 0.15) is 26.2 Å². The van der Waals surface area contributed by atoms with Gasteiger partial charge in [-0.1, -0.05) is 18.7 Å². The fraction of sp³-hybridized carbons (Fsp3) is 0.647. The van der Waals surface area contributed by atoms with Gasteiger partial charge in [0.2, 0.25) is 0 Å². The van der Waals surface area contributed by atoms with Crippen molar-refractivity contribution in [3.63, 3.8) is 0 Å². The van der Waals surface area contributed by atoms with Crippen LogP contribution in [0, 0.1) is 17.8 Å². The van der Waals surface area contributed by atoms with Crippen molar-refractivity contribution in [1.82, 2.24) is 0 Å². The summed E-state index contributed by atoms with van der Waals surface area (Å²) in [6, 6.07) is 0. The van der Waals surface area contributed by atoms with Gasteiger partial charge in [0.05, 0.1) is 5.88 Å². The second-order valence-electron chi connectivity index (χ2n) is 6.77. The summed E-state index contributed by atoms with van der Waals surface area (Å²) in [5, 5.41) is 10.6. The predicted molar refractivity (Wildman–Crippen MR) is 83.7 cm³/mol. The topological polar surface area (TPSA) is 72.8 Å². The van der Waals surface area contributed by atoms with Crippen molar-refractivity contribution in [2.45, 2.75) is 44.0 Å². The minimum atomic E-state index is -1.67. The molecule has 0 aromatic rings. The number of hydrogen-bond acceptors (Lipinski definition) is 5. The summed E-state index contributed by atoms with van der Waals surface area (Å²) in [6.45, 7) is 9.59. The molecule has 23 heavy (non-hydrogen) atoms. The quantitative estimate of drug-likeness (QED) is 0.472. The van der Waals surface area contributed by atoms with Crippen LogP contribution in [-0.2, 0) is 19.1 Å². The van der Waals surface area contributed by atoms with E-state index in [1.165, 1.54) is 6.92 Å². The second kappa shape index (κ2) is 5.64. The second-order valence-corrected chi connectivity index (χ2v) is 7.04. The van der Waals surface area contributed by atoms with Crippen LogP contribution in [0.4, 0.5) is 0 Å². The predicted octanol–water partition coefficient (Wildman–Crippen LogP) is 1.97. The first kappa shape index (κ1) is 16.5. The number of hydrogen-bond donors (Lipinski definition) is 1. The molecule has 3 rings (SSSR count). The summed E-state index contributed by atoms with van der Waals surface area (Å²) in [4.78, 5) is 23.4. The number of fused-ring (bicyclic) bond motifs is 3. The molecule has 3 aliphatic rings. The molecule has 1 N–H and O–H groups in total. The van der Waals surface area contributed by atoms with Gasteiger partial charge in [-0.15, -0.1) is 11.6 Å². The molecule has 0 bridgehead atoms. The summed E-state index contributed by atoms with van der Waals surface area (Å²) in [5.74, 6) is -1.79. The summed E-state index contributed by atoms with van der Waals surface area (Å²) in [7, 11) is 0. The first-order valence-corrected chi connectivity index (χ1v) is 8.36. The molecule has 0 amide bonds. The Kier molecular flexibility index (Phi) is 4.05. The smallest absolute Gasteiger partial charge is 0.340 e. The highest BCUT2D eigenvalue weighted by Gasteiger charge is 2.62. The standard InChI is InChI=1S/C17H21ClO5/c1-8-4-5-12-15(23-16(20)17(12,21)7-18)14-9(2)13(6-11(8)14)22-10(3)19/h11-15,21H,1-2,4-7H2,3H3/t11-,12+,13-,14-,15-,17-/m0/s1. The molecule has 2 saturated carbocycles. The SMILES string of the molecule is C=C1[C@@H]2[C@H]3OC(=O)[C@](O)(CCl)[C@@H]3CCC(=C)[C@@H]2C[C@@H]1OC(C)=O. The van der Waals surface area contributed by atoms with Crippen molar-refractivity contribution in [1.29, 1.82) is 0 Å². The van der Waals surface area contributed by atoms with E-state index in [0.29, 0.717) is 19.3 Å². The first-order chi connectivity index (χ1) is 10.8. The lowest BCUT2D eigenvalue weighted by molar-refractivity contribution is -0.154. The van der Waals surface area contributed by atoms with Crippen LogP contribution in [0.3, 0.4) is 0 Å². The normalized spacial score (nSPS) is 42.7. The Hall–Kier alpha value is -1.33. The molecule has 1 aliphatic heterocycles. The van der Waals surface area contributed by atoms with Crippen LogP contribution in [0.15, 0.2) is 24.3 Å². The fourth-order valence-electron chi connectivity index (χ4n) is 4.32. The molecule has 2 aliphatic carbocycles. The lowest BCUT2D eigenvalue weighted by Gasteiger charge is -2.28. The molecule has 0 radical (unpaired) electrons. The fourth-order valence-corrected chi connectivity index (χ4v) is 4.63. The molecule has 3 fully saturated rings. The van der Waals surface area contributed by atoms with Crippen molar-refractivity contribution in [3.8, 4) is 0 Å². The number of carbonyl (C=O) groups is 2. The lowest BCUT2D eigenvalue weighted by Crippen LogP contribution is -2.44. The molecule has 1 heterocycles. The number of rotatable bonds is 2. The number of halogens is 1. The minimum absolute atomic E-state index is 0.0346. The van der Waals surface area contributed by atoms with Crippen molar-refractivity contribution in [2.75, 3.05) is 5.88 Å². The van der Waals surface area contributed by atoms with E-state index in [1.807, 2.05) is 0 Å². The maximum Gasteiger partial charge on any atom is 0.340 e. The zero-order valence-electron chi connectivity index (χ0n) is 13.1. The molecular formula is C17H21ClO5. The molecule has 6 heteroatoms. The molecule has 0 unspecified atom stereocenters. The molecule has 126 valence electrons. The number of carbonyl (C=O) groups excluding carboxylic acids is 2. The Balaban J connectivity index is 1.95. The van der Waals surface area contributed by atoms with Crippen LogP contribution in [0.5, 0.6) is 0 Å². The maximum absolute atomic E-state index is 12.1. The Labute approximate surface area is 140 Å². The zero-order valence-corrected chi connectivity index (χ0v) is 13.8. The number of esters is 2. The summed E-state index contributed by atoms with van der Waals surface area (Å²) < 4.78 is 10.9. The van der Waals surface area contributed by atoms with Crippen LogP contribution >= 0.6 is 11.6 Å². The van der Waals surface area contributed by atoms with Crippen molar-refractivity contribution < 1.29 is 24.2 Å². The Morgan fingerprint density at radius 1 is 1.52 bits per heavy atom. The molecular weight excluding hydrogens is 320 g/mol. The van der Waals surface area contributed by atoms with E-state index in [1.54, 1.807) is 0 Å². The Bertz CT molecular complexity index is 586. The van der Waals surface area contributed by atoms with Gasteiger partial charge in [-0.05, 0) is 30.8 Å². The summed E-state index contributed by atoms with van der Waals surface area (Å²) >= 11 is 5.87. The molecule has 0 spiro atoms. The van der Waals surface area contributed by atoms with E-state index in [-0.39, 0.29) is 23.7 Å². The maximum atomic E-state index is 12.1. The van der Waals surface area contributed by atoms with E-state index in [2.05, 4.69) is 13.2 Å². The highest BCUT2D eigenvalue weighted by molar-refractivity contribution is 6.20. The van der Waals surface area contributed by atoms with Gasteiger partial charge >= 0.3 is 11.9 Å². The van der Waals surface area contributed by atoms with Gasteiger partial charge in [0.1, 0.15) is 12.2 Å².